The van der Waals surface area contributed by atoms with Crippen LogP contribution < -0.4 is 10.2 Å². The zero-order chi connectivity index (χ0) is 24.7. The molecule has 0 aliphatic carbocycles. The lowest BCUT2D eigenvalue weighted by Crippen LogP contribution is -2.36. The fraction of sp³-hybridized carbons (Fsp3) is 0.292. The first kappa shape index (κ1) is 22.9. The van der Waals surface area contributed by atoms with E-state index in [4.69, 9.17) is 9.15 Å². The largest absolute Gasteiger partial charge is 0.463 e. The first-order chi connectivity index (χ1) is 16.7. The lowest BCUT2D eigenvalue weighted by atomic mass is 10.1. The summed E-state index contributed by atoms with van der Waals surface area (Å²) in [6.07, 6.45) is -3.06. The number of anilines is 2. The molecule has 0 atom stereocenters. The van der Waals surface area contributed by atoms with Crippen LogP contribution in [0.15, 0.2) is 47.1 Å². The lowest BCUT2D eigenvalue weighted by Gasteiger charge is -2.31. The highest BCUT2D eigenvalue weighted by molar-refractivity contribution is 6.14. The standard InChI is InChI=1S/C24H22F3N5O3/c1-14-21-16(13-18(20-4-3-9-35-20)28-22(21)31(2)30-14)23(33)29-17-12-15(24(25,26)27)5-6-19(17)32-7-10-34-11-8-32/h3-6,9,12-13H,7-8,10-11H2,1-2H3,(H,29,33). The minimum absolute atomic E-state index is 0.0674. The van der Waals surface area contributed by atoms with Crippen molar-refractivity contribution >= 4 is 28.3 Å². The molecule has 5 rings (SSSR count). The van der Waals surface area contributed by atoms with Crippen LogP contribution in [0.2, 0.25) is 0 Å². The van der Waals surface area contributed by atoms with Gasteiger partial charge in [0.25, 0.3) is 5.91 Å². The van der Waals surface area contributed by atoms with Gasteiger partial charge in [-0.3, -0.25) is 9.48 Å². The Morgan fingerprint density at radius 1 is 1.14 bits per heavy atom. The molecule has 1 aromatic carbocycles. The quantitative estimate of drug-likeness (QED) is 0.453. The number of carbonyl (C=O) groups is 1. The molecule has 0 radical (unpaired) electrons. The number of hydrogen-bond donors (Lipinski definition) is 1. The van der Waals surface area contributed by atoms with Crippen LogP contribution in [-0.4, -0.2) is 47.0 Å². The molecule has 4 aromatic rings. The van der Waals surface area contributed by atoms with Crippen LogP contribution in [-0.2, 0) is 18.0 Å². The number of alkyl halides is 3. The van der Waals surface area contributed by atoms with Crippen LogP contribution in [0.1, 0.15) is 21.6 Å². The van der Waals surface area contributed by atoms with Gasteiger partial charge in [0.1, 0.15) is 5.69 Å². The Bertz CT molecular complexity index is 1390. The second-order valence-corrected chi connectivity index (χ2v) is 8.22. The number of nitrogens with one attached hydrogen (secondary N) is 1. The summed E-state index contributed by atoms with van der Waals surface area (Å²) in [6, 6.07) is 8.34. The summed E-state index contributed by atoms with van der Waals surface area (Å²) < 4.78 is 52.9. The summed E-state index contributed by atoms with van der Waals surface area (Å²) in [6.45, 7) is 3.63. The number of furan rings is 1. The van der Waals surface area contributed by atoms with E-state index in [0.717, 1.165) is 12.1 Å². The van der Waals surface area contributed by atoms with E-state index in [1.165, 1.54) is 12.3 Å². The van der Waals surface area contributed by atoms with E-state index in [0.29, 0.717) is 60.2 Å². The average Bonchev–Trinajstić information content (AvgIpc) is 3.47. The van der Waals surface area contributed by atoms with E-state index in [9.17, 15) is 18.0 Å². The molecule has 1 fully saturated rings. The Balaban J connectivity index is 1.60. The second-order valence-electron chi connectivity index (χ2n) is 8.22. The number of benzene rings is 1. The number of amides is 1. The van der Waals surface area contributed by atoms with Crippen molar-refractivity contribution in [2.45, 2.75) is 13.1 Å². The third-order valence-electron chi connectivity index (χ3n) is 5.91. The molecule has 182 valence electrons. The molecule has 1 aliphatic heterocycles. The van der Waals surface area contributed by atoms with Gasteiger partial charge in [-0.15, -0.1) is 0 Å². The molecule has 0 saturated carbocycles. The number of hydrogen-bond acceptors (Lipinski definition) is 6. The van der Waals surface area contributed by atoms with Crippen LogP contribution in [0.3, 0.4) is 0 Å². The van der Waals surface area contributed by atoms with E-state index in [-0.39, 0.29) is 11.3 Å². The molecule has 4 heterocycles. The topological polar surface area (TPSA) is 85.4 Å². The normalized spacial score (nSPS) is 14.5. The molecule has 11 heteroatoms. The predicted octanol–water partition coefficient (Wildman–Crippen LogP) is 4.64. The third-order valence-corrected chi connectivity index (χ3v) is 5.91. The highest BCUT2D eigenvalue weighted by Crippen LogP contribution is 2.36. The molecule has 0 spiro atoms. The van der Waals surface area contributed by atoms with Gasteiger partial charge in [0.15, 0.2) is 11.4 Å². The van der Waals surface area contributed by atoms with Crippen molar-refractivity contribution in [3.8, 4) is 11.5 Å². The molecule has 1 aliphatic rings. The van der Waals surface area contributed by atoms with Gasteiger partial charge >= 0.3 is 6.18 Å². The molecule has 35 heavy (non-hydrogen) atoms. The SMILES string of the molecule is Cc1nn(C)c2nc(-c3ccco3)cc(C(=O)Nc3cc(C(F)(F)F)ccc3N3CCOCC3)c12. The number of nitrogens with zero attached hydrogens (tertiary/aromatic N) is 4. The van der Waals surface area contributed by atoms with Crippen LogP contribution in [0, 0.1) is 6.92 Å². The van der Waals surface area contributed by atoms with Gasteiger partial charge in [-0.25, -0.2) is 4.98 Å². The fourth-order valence-electron chi connectivity index (χ4n) is 4.26. The Hall–Kier alpha value is -3.86. The second kappa shape index (κ2) is 8.73. The van der Waals surface area contributed by atoms with Crippen molar-refractivity contribution in [2.75, 3.05) is 36.5 Å². The van der Waals surface area contributed by atoms with Crippen LogP contribution in [0.5, 0.6) is 0 Å². The Morgan fingerprint density at radius 3 is 2.60 bits per heavy atom. The van der Waals surface area contributed by atoms with Gasteiger partial charge in [-0.05, 0) is 43.3 Å². The number of fused-ring (bicyclic) bond motifs is 1. The van der Waals surface area contributed by atoms with Crippen LogP contribution in [0.25, 0.3) is 22.5 Å². The van der Waals surface area contributed by atoms with Crippen LogP contribution in [0.4, 0.5) is 24.5 Å². The molecule has 1 N–H and O–H groups in total. The van der Waals surface area contributed by atoms with E-state index < -0.39 is 17.6 Å². The summed E-state index contributed by atoms with van der Waals surface area (Å²) >= 11 is 0. The van der Waals surface area contributed by atoms with Crippen molar-refractivity contribution in [2.24, 2.45) is 7.05 Å². The van der Waals surface area contributed by atoms with Crippen molar-refractivity contribution in [3.63, 3.8) is 0 Å². The number of halogens is 3. The van der Waals surface area contributed by atoms with E-state index in [2.05, 4.69) is 15.4 Å². The van der Waals surface area contributed by atoms with Gasteiger partial charge in [0.05, 0.1) is 53.1 Å². The number of pyridine rings is 1. The zero-order valence-electron chi connectivity index (χ0n) is 19.0. The minimum Gasteiger partial charge on any atom is -0.463 e. The Labute approximate surface area is 198 Å². The lowest BCUT2D eigenvalue weighted by molar-refractivity contribution is -0.137. The Kier molecular flexibility index (Phi) is 5.72. The summed E-state index contributed by atoms with van der Waals surface area (Å²) in [4.78, 5) is 20.1. The molecular weight excluding hydrogens is 463 g/mol. The summed E-state index contributed by atoms with van der Waals surface area (Å²) in [5.74, 6) is -0.122. The summed E-state index contributed by atoms with van der Waals surface area (Å²) in [5.41, 5.74) is 1.39. The first-order valence-corrected chi connectivity index (χ1v) is 11.0. The maximum absolute atomic E-state index is 13.6. The van der Waals surface area contributed by atoms with Crippen molar-refractivity contribution in [1.82, 2.24) is 14.8 Å². The van der Waals surface area contributed by atoms with Crippen molar-refractivity contribution < 1.29 is 27.1 Å². The number of aromatic nitrogens is 3. The highest BCUT2D eigenvalue weighted by atomic mass is 19.4. The van der Waals surface area contributed by atoms with E-state index in [1.807, 2.05) is 4.90 Å². The smallest absolute Gasteiger partial charge is 0.416 e. The molecule has 0 bridgehead atoms. The maximum Gasteiger partial charge on any atom is 0.416 e. The van der Waals surface area contributed by atoms with Gasteiger partial charge in [-0.1, -0.05) is 0 Å². The number of ether oxygens (including phenoxy) is 1. The van der Waals surface area contributed by atoms with E-state index in [1.54, 1.807) is 36.9 Å². The van der Waals surface area contributed by atoms with Crippen molar-refractivity contribution in [3.05, 3.63) is 59.5 Å². The number of aryl methyl sites for hydroxylation is 2. The maximum atomic E-state index is 13.6. The van der Waals surface area contributed by atoms with Gasteiger partial charge in [0.2, 0.25) is 0 Å². The van der Waals surface area contributed by atoms with Gasteiger partial charge in [-0.2, -0.15) is 18.3 Å². The summed E-state index contributed by atoms with van der Waals surface area (Å²) in [5, 5.41) is 7.61. The van der Waals surface area contributed by atoms with Crippen LogP contribution >= 0.6 is 0 Å². The predicted molar refractivity (Wildman–Crippen MR) is 123 cm³/mol. The fourth-order valence-corrected chi connectivity index (χ4v) is 4.26. The van der Waals surface area contributed by atoms with Gasteiger partial charge in [0, 0.05) is 20.1 Å². The number of rotatable bonds is 4. The van der Waals surface area contributed by atoms with Crippen molar-refractivity contribution in [1.29, 1.82) is 0 Å². The monoisotopic (exact) mass is 485 g/mol. The molecule has 8 nitrogen and oxygen atoms in total. The first-order valence-electron chi connectivity index (χ1n) is 11.0. The highest BCUT2D eigenvalue weighted by Gasteiger charge is 2.32. The molecule has 1 amide bonds. The molecular formula is C24H22F3N5O3. The van der Waals surface area contributed by atoms with E-state index >= 15 is 0 Å². The third kappa shape index (κ3) is 4.34. The Morgan fingerprint density at radius 2 is 1.91 bits per heavy atom. The molecule has 1 saturated heterocycles. The average molecular weight is 485 g/mol. The van der Waals surface area contributed by atoms with Gasteiger partial charge < -0.3 is 19.4 Å². The molecule has 3 aromatic heterocycles. The molecule has 0 unspecified atom stereocenters. The minimum atomic E-state index is -4.56. The zero-order valence-corrected chi connectivity index (χ0v) is 19.0. The number of carbonyl (C=O) groups excluding carboxylic acids is 1. The summed E-state index contributed by atoms with van der Waals surface area (Å²) in [7, 11) is 1.71. The number of morpholine rings is 1.